The van der Waals surface area contributed by atoms with Gasteiger partial charge >= 0.3 is 0 Å². The minimum atomic E-state index is -0.213. The van der Waals surface area contributed by atoms with Crippen molar-refractivity contribution in [2.45, 2.75) is 11.9 Å². The molecule has 9 heteroatoms. The lowest BCUT2D eigenvalue weighted by atomic mass is 10.1. The minimum absolute atomic E-state index is 0.213. The zero-order valence-corrected chi connectivity index (χ0v) is 19.1. The Hall–Kier alpha value is -3.01. The molecule has 0 saturated carbocycles. The Morgan fingerprint density at radius 2 is 1.90 bits per heavy atom. The van der Waals surface area contributed by atoms with E-state index in [0.29, 0.717) is 27.8 Å². The number of benzene rings is 1. The molecule has 0 aliphatic heterocycles. The Balaban J connectivity index is 1.39. The zero-order valence-electron chi connectivity index (χ0n) is 16.7. The van der Waals surface area contributed by atoms with Crippen LogP contribution in [0, 0.1) is 6.92 Å². The molecule has 0 fully saturated rings. The van der Waals surface area contributed by atoms with Crippen LogP contribution in [-0.4, -0.2) is 31.5 Å². The van der Waals surface area contributed by atoms with Crippen LogP contribution >= 0.6 is 34.4 Å². The van der Waals surface area contributed by atoms with Crippen LogP contribution in [0.1, 0.15) is 16.1 Å². The van der Waals surface area contributed by atoms with E-state index < -0.39 is 0 Å². The monoisotopic (exact) mass is 463 g/mol. The molecule has 4 aromatic heterocycles. The van der Waals surface area contributed by atoms with Crippen molar-refractivity contribution >= 4 is 51.0 Å². The van der Waals surface area contributed by atoms with Crippen LogP contribution in [0.15, 0.2) is 64.6 Å². The normalized spacial score (nSPS) is 11.2. The molecule has 31 heavy (non-hydrogen) atoms. The van der Waals surface area contributed by atoms with Crippen molar-refractivity contribution in [3.05, 3.63) is 70.8 Å². The van der Waals surface area contributed by atoms with Crippen molar-refractivity contribution in [1.82, 2.24) is 19.4 Å². The summed E-state index contributed by atoms with van der Waals surface area (Å²) in [5, 5.41) is 7.64. The van der Waals surface area contributed by atoms with Gasteiger partial charge in [0.05, 0.1) is 21.8 Å². The Morgan fingerprint density at radius 1 is 1.06 bits per heavy atom. The highest BCUT2D eigenvalue weighted by Crippen LogP contribution is 2.28. The van der Waals surface area contributed by atoms with Gasteiger partial charge in [-0.3, -0.25) is 9.20 Å². The Morgan fingerprint density at radius 3 is 2.61 bits per heavy atom. The van der Waals surface area contributed by atoms with Gasteiger partial charge in [0.2, 0.25) is 0 Å². The topological polar surface area (TPSA) is 72.2 Å². The second-order valence-corrected chi connectivity index (χ2v) is 9.36. The molecule has 5 rings (SSSR count). The fourth-order valence-electron chi connectivity index (χ4n) is 3.26. The molecule has 0 atom stereocenters. The van der Waals surface area contributed by atoms with E-state index in [9.17, 15) is 4.79 Å². The van der Waals surface area contributed by atoms with E-state index in [1.165, 1.54) is 11.8 Å². The number of rotatable bonds is 5. The van der Waals surface area contributed by atoms with Crippen molar-refractivity contribution in [1.29, 1.82) is 0 Å². The summed E-state index contributed by atoms with van der Waals surface area (Å²) < 4.78 is 2.00. The molecule has 0 bridgehead atoms. The molecule has 4 heterocycles. The van der Waals surface area contributed by atoms with Crippen LogP contribution in [0.2, 0.25) is 0 Å². The van der Waals surface area contributed by atoms with E-state index in [-0.39, 0.29) is 5.91 Å². The average Bonchev–Trinajstić information content (AvgIpc) is 3.51. The van der Waals surface area contributed by atoms with Gasteiger partial charge < -0.3 is 5.32 Å². The molecule has 0 radical (unpaired) electrons. The molecular formula is C22H17N5OS3. The molecule has 1 amide bonds. The number of nitrogens with one attached hydrogen (secondary N) is 1. The first-order valence-corrected chi connectivity index (χ1v) is 12.4. The maximum atomic E-state index is 13.0. The maximum absolute atomic E-state index is 13.0. The van der Waals surface area contributed by atoms with Crippen molar-refractivity contribution in [3.8, 4) is 22.0 Å². The number of carbonyl (C=O) groups excluding carboxylic acids is 1. The highest BCUT2D eigenvalue weighted by Gasteiger charge is 2.19. The Labute approximate surface area is 191 Å². The molecule has 0 saturated heterocycles. The number of anilines is 1. The molecule has 0 spiro atoms. The van der Waals surface area contributed by atoms with Gasteiger partial charge in [0.25, 0.3) is 5.91 Å². The van der Waals surface area contributed by atoms with Crippen molar-refractivity contribution in [2.24, 2.45) is 0 Å². The smallest absolute Gasteiger partial charge is 0.260 e. The molecule has 1 aromatic carbocycles. The summed E-state index contributed by atoms with van der Waals surface area (Å²) in [4.78, 5) is 28.8. The first-order valence-electron chi connectivity index (χ1n) is 9.43. The molecular weight excluding hydrogens is 446 g/mol. The number of hydrogen-bond donors (Lipinski definition) is 1. The van der Waals surface area contributed by atoms with Gasteiger partial charge in [0, 0.05) is 29.0 Å². The Bertz CT molecular complexity index is 1340. The summed E-state index contributed by atoms with van der Waals surface area (Å²) in [5.41, 5.74) is 3.78. The van der Waals surface area contributed by atoms with E-state index in [4.69, 9.17) is 0 Å². The lowest BCUT2D eigenvalue weighted by molar-refractivity contribution is 0.102. The molecule has 6 nitrogen and oxygen atoms in total. The van der Waals surface area contributed by atoms with Gasteiger partial charge in [-0.05, 0) is 36.8 Å². The van der Waals surface area contributed by atoms with Gasteiger partial charge in [-0.25, -0.2) is 15.0 Å². The second kappa shape index (κ2) is 8.26. The number of aromatic nitrogens is 4. The van der Waals surface area contributed by atoms with Gasteiger partial charge in [-0.15, -0.1) is 34.4 Å². The molecule has 0 aliphatic rings. The van der Waals surface area contributed by atoms with E-state index in [1.54, 1.807) is 22.7 Å². The number of carbonyl (C=O) groups is 1. The molecule has 1 N–H and O–H groups in total. The summed E-state index contributed by atoms with van der Waals surface area (Å²) in [7, 11) is 0. The highest BCUT2D eigenvalue weighted by molar-refractivity contribution is 7.98. The number of thiophene rings is 1. The standard InChI is InChI=1S/C22H17N5OS3/c1-13-18(21(29-2)26-19(23-13)17-4-3-10-30-17)20(28)24-15-7-5-14(6-8-15)16-12-27-9-11-31-22(27)25-16/h3-12H,1-2H3,(H,24,28). The maximum Gasteiger partial charge on any atom is 0.260 e. The predicted octanol–water partition coefficient (Wildman–Crippen LogP) is 5.86. The van der Waals surface area contributed by atoms with E-state index in [0.717, 1.165) is 21.1 Å². The summed E-state index contributed by atoms with van der Waals surface area (Å²) in [5.74, 6) is 0.438. The largest absolute Gasteiger partial charge is 0.322 e. The summed E-state index contributed by atoms with van der Waals surface area (Å²) in [6.45, 7) is 1.85. The van der Waals surface area contributed by atoms with Crippen LogP contribution in [0.25, 0.3) is 26.9 Å². The third-order valence-electron chi connectivity index (χ3n) is 4.75. The summed E-state index contributed by atoms with van der Waals surface area (Å²) in [6, 6.07) is 11.6. The molecule has 0 aliphatic carbocycles. The fourth-order valence-corrected chi connectivity index (χ4v) is 5.24. The number of hydrogen-bond acceptors (Lipinski definition) is 7. The van der Waals surface area contributed by atoms with E-state index in [1.807, 2.05) is 77.1 Å². The highest BCUT2D eigenvalue weighted by atomic mass is 32.2. The number of thiazole rings is 1. The van der Waals surface area contributed by atoms with Crippen LogP contribution in [0.4, 0.5) is 5.69 Å². The number of amides is 1. The van der Waals surface area contributed by atoms with E-state index in [2.05, 4.69) is 20.3 Å². The summed E-state index contributed by atoms with van der Waals surface area (Å²) >= 11 is 4.63. The Kier molecular flexibility index (Phi) is 5.31. The van der Waals surface area contributed by atoms with Gasteiger partial charge in [0.15, 0.2) is 10.8 Å². The van der Waals surface area contributed by atoms with Crippen molar-refractivity contribution < 1.29 is 4.79 Å². The first kappa shape index (κ1) is 19.9. The first-order chi connectivity index (χ1) is 15.1. The third-order valence-corrected chi connectivity index (χ3v) is 7.07. The third kappa shape index (κ3) is 3.87. The lowest BCUT2D eigenvalue weighted by Gasteiger charge is -2.12. The van der Waals surface area contributed by atoms with Crippen molar-refractivity contribution in [3.63, 3.8) is 0 Å². The van der Waals surface area contributed by atoms with Crippen LogP contribution in [-0.2, 0) is 0 Å². The van der Waals surface area contributed by atoms with Gasteiger partial charge in [-0.2, -0.15) is 0 Å². The number of fused-ring (bicyclic) bond motifs is 1. The van der Waals surface area contributed by atoms with E-state index >= 15 is 0 Å². The number of imidazole rings is 1. The van der Waals surface area contributed by atoms with Crippen molar-refractivity contribution in [2.75, 3.05) is 11.6 Å². The zero-order chi connectivity index (χ0) is 21.4. The van der Waals surface area contributed by atoms with Crippen LogP contribution in [0.5, 0.6) is 0 Å². The number of aryl methyl sites for hydroxylation is 1. The van der Waals surface area contributed by atoms with Crippen LogP contribution in [0.3, 0.4) is 0 Å². The summed E-state index contributed by atoms with van der Waals surface area (Å²) in [6.07, 6.45) is 5.91. The quantitative estimate of drug-likeness (QED) is 0.261. The lowest BCUT2D eigenvalue weighted by Crippen LogP contribution is -2.16. The number of thioether (sulfide) groups is 1. The van der Waals surface area contributed by atoms with Gasteiger partial charge in [0.1, 0.15) is 5.03 Å². The minimum Gasteiger partial charge on any atom is -0.322 e. The SMILES string of the molecule is CSc1nc(-c2cccs2)nc(C)c1C(=O)Nc1ccc(-c2cn3ccsc3n2)cc1. The van der Waals surface area contributed by atoms with Crippen LogP contribution < -0.4 is 5.32 Å². The molecule has 0 unspecified atom stereocenters. The second-order valence-electron chi connectivity index (χ2n) is 6.74. The van der Waals surface area contributed by atoms with Gasteiger partial charge in [-0.1, -0.05) is 18.2 Å². The predicted molar refractivity (Wildman–Crippen MR) is 128 cm³/mol. The average molecular weight is 464 g/mol. The molecule has 154 valence electrons. The fraction of sp³-hybridized carbons (Fsp3) is 0.0909. The number of nitrogens with zero attached hydrogens (tertiary/aromatic N) is 4. The molecule has 5 aromatic rings.